The minimum atomic E-state index is -1.47. The molecule has 22 nitrogen and oxygen atoms in total. The molecule has 294 valence electrons. The van der Waals surface area contributed by atoms with Gasteiger partial charge in [0.05, 0.1) is 0 Å². The van der Waals surface area contributed by atoms with Crippen LogP contribution >= 0.6 is 21.6 Å². The Morgan fingerprint density at radius 2 is 0.769 bits per heavy atom. The first-order chi connectivity index (χ1) is 24.5. The van der Waals surface area contributed by atoms with Crippen LogP contribution in [-0.2, 0) is 47.9 Å². The lowest BCUT2D eigenvalue weighted by Crippen LogP contribution is -2.50. The molecule has 0 aromatic rings. The summed E-state index contributed by atoms with van der Waals surface area (Å²) in [7, 11) is 1.75. The average molecular weight is 785 g/mol. The molecular weight excluding hydrogens is 740 g/mol. The molecule has 0 heterocycles. The SMILES string of the molecule is O=C(O)CNC(=O)C(CSSCC(NC(=O)CCC(NC(=O)CCCO)C(=O)O)C(=O)NCC(=O)O)NC(=O)CCC(NC(=O)CCCO)C(=O)O. The molecule has 0 bridgehead atoms. The Labute approximate surface area is 304 Å². The summed E-state index contributed by atoms with van der Waals surface area (Å²) in [5, 5.41) is 67.5. The molecule has 0 aliphatic heterocycles. The van der Waals surface area contributed by atoms with Crippen LogP contribution in [-0.4, -0.2) is 152 Å². The van der Waals surface area contributed by atoms with E-state index in [1.54, 1.807) is 0 Å². The fourth-order valence-electron chi connectivity index (χ4n) is 3.78. The molecular formula is C28H44N6O16S2. The van der Waals surface area contributed by atoms with Crippen LogP contribution < -0.4 is 31.9 Å². The Hall–Kier alpha value is -4.68. The van der Waals surface area contributed by atoms with E-state index in [0.29, 0.717) is 0 Å². The van der Waals surface area contributed by atoms with Crippen molar-refractivity contribution in [2.45, 2.75) is 75.5 Å². The quantitative estimate of drug-likeness (QED) is 0.0254. The van der Waals surface area contributed by atoms with Crippen LogP contribution in [0.25, 0.3) is 0 Å². The molecule has 4 atom stereocenters. The molecule has 0 aromatic carbocycles. The van der Waals surface area contributed by atoms with Gasteiger partial charge in [-0.25, -0.2) is 9.59 Å². The van der Waals surface area contributed by atoms with Gasteiger partial charge in [-0.2, -0.15) is 0 Å². The van der Waals surface area contributed by atoms with E-state index in [9.17, 15) is 58.2 Å². The van der Waals surface area contributed by atoms with Crippen LogP contribution in [0, 0.1) is 0 Å². The number of rotatable bonds is 29. The van der Waals surface area contributed by atoms with Crippen LogP contribution in [0.3, 0.4) is 0 Å². The van der Waals surface area contributed by atoms with Gasteiger partial charge in [-0.3, -0.25) is 38.4 Å². The molecule has 0 spiro atoms. The third kappa shape index (κ3) is 22.9. The van der Waals surface area contributed by atoms with Crippen molar-refractivity contribution < 1.29 is 78.6 Å². The maximum Gasteiger partial charge on any atom is 0.326 e. The summed E-state index contributed by atoms with van der Waals surface area (Å²) >= 11 is 0. The normalized spacial score (nSPS) is 12.9. The smallest absolute Gasteiger partial charge is 0.326 e. The first kappa shape index (κ1) is 47.3. The van der Waals surface area contributed by atoms with Crippen molar-refractivity contribution in [2.75, 3.05) is 37.8 Å². The molecule has 0 aromatic heterocycles. The van der Waals surface area contributed by atoms with Crippen molar-refractivity contribution >= 4 is 80.9 Å². The maximum atomic E-state index is 12.7. The van der Waals surface area contributed by atoms with Gasteiger partial charge in [-0.15, -0.1) is 0 Å². The summed E-state index contributed by atoms with van der Waals surface area (Å²) in [5.41, 5.74) is 0. The number of aliphatic carboxylic acids is 4. The molecule has 24 heteroatoms. The zero-order valence-corrected chi connectivity index (χ0v) is 29.4. The van der Waals surface area contributed by atoms with Crippen molar-refractivity contribution in [3.63, 3.8) is 0 Å². The van der Waals surface area contributed by atoms with Crippen molar-refractivity contribution in [2.24, 2.45) is 0 Å². The number of aliphatic hydroxyl groups is 2. The fourth-order valence-corrected chi connectivity index (χ4v) is 6.11. The zero-order chi connectivity index (χ0) is 39.6. The Kier molecular flexibility index (Phi) is 24.6. The first-order valence-corrected chi connectivity index (χ1v) is 18.1. The van der Waals surface area contributed by atoms with Gasteiger partial charge in [-0.05, 0) is 25.7 Å². The lowest BCUT2D eigenvalue weighted by molar-refractivity contribution is -0.142. The Balaban J connectivity index is 5.48. The summed E-state index contributed by atoms with van der Waals surface area (Å²) in [6.07, 6.45) is -1.87. The molecule has 0 aliphatic rings. The Bertz CT molecular complexity index is 1180. The lowest BCUT2D eigenvalue weighted by Gasteiger charge is -2.20. The standard InChI is InChI=1S/C28H44N6O16S2/c35-9-1-3-19(37)31-15(27(47)48)5-7-21(39)33-17(25(45)29-11-23(41)42)13-51-52-14-18(26(46)30-12-24(43)44)34-22(40)8-6-16(28(49)50)32-20(38)4-2-10-36/h15-18,35-36H,1-14H2,(H,29,45)(H,30,46)(H,31,37)(H,32,38)(H,33,39)(H,34,40)(H,41,42)(H,43,44)(H,47,48)(H,49,50). The third-order valence-corrected chi connectivity index (χ3v) is 8.82. The van der Waals surface area contributed by atoms with E-state index in [1.807, 2.05) is 0 Å². The van der Waals surface area contributed by atoms with Gasteiger partial charge in [0.2, 0.25) is 35.4 Å². The molecule has 4 unspecified atom stereocenters. The van der Waals surface area contributed by atoms with Gasteiger partial charge in [0, 0.05) is 50.4 Å². The number of carbonyl (C=O) groups excluding carboxylic acids is 6. The minimum Gasteiger partial charge on any atom is -0.480 e. The number of hydrogen-bond donors (Lipinski definition) is 12. The summed E-state index contributed by atoms with van der Waals surface area (Å²) in [6.45, 7) is -2.21. The summed E-state index contributed by atoms with van der Waals surface area (Å²) in [6, 6.07) is -5.71. The van der Waals surface area contributed by atoms with Gasteiger partial charge in [0.25, 0.3) is 0 Å². The Morgan fingerprint density at radius 3 is 1.06 bits per heavy atom. The molecule has 0 aliphatic carbocycles. The van der Waals surface area contributed by atoms with E-state index < -0.39 is 109 Å². The van der Waals surface area contributed by atoms with Crippen LogP contribution in [0.15, 0.2) is 0 Å². The highest BCUT2D eigenvalue weighted by molar-refractivity contribution is 8.76. The average Bonchev–Trinajstić information content (AvgIpc) is 3.07. The van der Waals surface area contributed by atoms with Gasteiger partial charge in [0.1, 0.15) is 37.3 Å². The number of amides is 6. The first-order valence-electron chi connectivity index (χ1n) is 15.6. The molecule has 0 rings (SSSR count). The van der Waals surface area contributed by atoms with E-state index in [1.165, 1.54) is 0 Å². The van der Waals surface area contributed by atoms with Crippen LogP contribution in [0.4, 0.5) is 0 Å². The largest absolute Gasteiger partial charge is 0.480 e. The molecule has 52 heavy (non-hydrogen) atoms. The number of aliphatic hydroxyl groups excluding tert-OH is 2. The summed E-state index contributed by atoms with van der Waals surface area (Å²) in [5.74, 6) is -11.1. The highest BCUT2D eigenvalue weighted by Crippen LogP contribution is 2.23. The van der Waals surface area contributed by atoms with Crippen molar-refractivity contribution in [3.8, 4) is 0 Å². The number of carboxylic acid groups (broad SMARTS) is 4. The van der Waals surface area contributed by atoms with Crippen LogP contribution in [0.2, 0.25) is 0 Å². The summed E-state index contributed by atoms with van der Waals surface area (Å²) < 4.78 is 0. The van der Waals surface area contributed by atoms with Crippen molar-refractivity contribution in [1.29, 1.82) is 0 Å². The minimum absolute atomic E-state index is 0.0863. The highest BCUT2D eigenvalue weighted by atomic mass is 33.1. The fraction of sp³-hybridized carbons (Fsp3) is 0.643. The third-order valence-electron chi connectivity index (χ3n) is 6.39. The van der Waals surface area contributed by atoms with Gasteiger partial charge in [0.15, 0.2) is 0 Å². The van der Waals surface area contributed by atoms with Gasteiger partial charge in [-0.1, -0.05) is 21.6 Å². The van der Waals surface area contributed by atoms with Gasteiger partial charge < -0.3 is 62.5 Å². The summed E-state index contributed by atoms with van der Waals surface area (Å²) in [4.78, 5) is 119. The second kappa shape index (κ2) is 27.0. The molecule has 6 amide bonds. The predicted molar refractivity (Wildman–Crippen MR) is 180 cm³/mol. The van der Waals surface area contributed by atoms with Gasteiger partial charge >= 0.3 is 23.9 Å². The van der Waals surface area contributed by atoms with Crippen molar-refractivity contribution in [1.82, 2.24) is 31.9 Å². The lowest BCUT2D eigenvalue weighted by atomic mass is 10.1. The molecule has 12 N–H and O–H groups in total. The molecule has 0 fully saturated rings. The number of hydrogen-bond acceptors (Lipinski definition) is 14. The van der Waals surface area contributed by atoms with E-state index in [-0.39, 0.29) is 63.2 Å². The van der Waals surface area contributed by atoms with E-state index in [2.05, 4.69) is 31.9 Å². The van der Waals surface area contributed by atoms with Crippen LogP contribution in [0.5, 0.6) is 0 Å². The van der Waals surface area contributed by atoms with E-state index >= 15 is 0 Å². The zero-order valence-electron chi connectivity index (χ0n) is 27.8. The maximum absolute atomic E-state index is 12.7. The Morgan fingerprint density at radius 1 is 0.462 bits per heavy atom. The van der Waals surface area contributed by atoms with E-state index in [4.69, 9.17) is 20.4 Å². The number of nitrogens with one attached hydrogen (secondary N) is 6. The second-order valence-corrected chi connectivity index (χ2v) is 13.2. The number of carboxylic acids is 4. The predicted octanol–water partition coefficient (Wildman–Crippen LogP) is -4.02. The second-order valence-electron chi connectivity index (χ2n) is 10.7. The molecule has 0 saturated carbocycles. The van der Waals surface area contributed by atoms with E-state index in [0.717, 1.165) is 21.6 Å². The molecule has 0 radical (unpaired) electrons. The highest BCUT2D eigenvalue weighted by Gasteiger charge is 2.27. The number of carbonyl (C=O) groups is 10. The monoisotopic (exact) mass is 784 g/mol. The van der Waals surface area contributed by atoms with Crippen molar-refractivity contribution in [3.05, 3.63) is 0 Å². The topological polar surface area (TPSA) is 364 Å². The van der Waals surface area contributed by atoms with Crippen LogP contribution in [0.1, 0.15) is 51.4 Å². The molecule has 0 saturated heterocycles.